The van der Waals surface area contributed by atoms with Crippen LogP contribution in [0.2, 0.25) is 0 Å². The van der Waals surface area contributed by atoms with Gasteiger partial charge in [0.15, 0.2) is 5.65 Å². The molecule has 0 aromatic carbocycles. The number of H-pyrrole nitrogens is 1. The number of rotatable bonds is 14. The molecular weight excluding hydrogens is 460 g/mol. The summed E-state index contributed by atoms with van der Waals surface area (Å²) in [6, 6.07) is 3.55. The van der Waals surface area contributed by atoms with Crippen molar-refractivity contribution in [2.45, 2.75) is 57.6 Å². The topological polar surface area (TPSA) is 141 Å². The van der Waals surface area contributed by atoms with Gasteiger partial charge in [0.1, 0.15) is 24.0 Å². The van der Waals surface area contributed by atoms with Gasteiger partial charge in [-0.25, -0.2) is 19.7 Å². The lowest BCUT2D eigenvalue weighted by atomic mass is 10.1. The van der Waals surface area contributed by atoms with Crippen LogP contribution in [0.4, 0.5) is 11.6 Å². The summed E-state index contributed by atoms with van der Waals surface area (Å²) in [5, 5.41) is 23.7. The Hall–Kier alpha value is -3.31. The summed E-state index contributed by atoms with van der Waals surface area (Å²) in [4.78, 5) is 27.4. The van der Waals surface area contributed by atoms with E-state index in [4.69, 9.17) is 9.72 Å². The van der Waals surface area contributed by atoms with Gasteiger partial charge in [0.2, 0.25) is 0 Å². The fourth-order valence-electron chi connectivity index (χ4n) is 4.50. The van der Waals surface area contributed by atoms with Crippen LogP contribution in [0, 0.1) is 0 Å². The smallest absolute Gasteiger partial charge is 0.326 e. The highest BCUT2D eigenvalue weighted by atomic mass is 16.5. The lowest BCUT2D eigenvalue weighted by molar-refractivity contribution is -0.138. The molecule has 3 aromatic rings. The Morgan fingerprint density at radius 3 is 3.00 bits per heavy atom. The standard InChI is InChI=1S/C25H36N8O3/c1-17(36-2)15-33(12-4-3-7-19-9-8-18-6-5-11-26-22(18)30-19)13-10-21(25(34)35)31-23-20-14-29-32-24(20)28-16-27-23/h8-9,14,16-17,21H,3-7,10-13,15H2,1-2H3,(H,26,30)(H,34,35)(H2,27,28,29,31,32)/t17-,21+/m1/s1. The van der Waals surface area contributed by atoms with Gasteiger partial charge in [-0.2, -0.15) is 5.10 Å². The van der Waals surface area contributed by atoms with Crippen molar-refractivity contribution in [2.75, 3.05) is 43.9 Å². The number of aromatic nitrogens is 5. The number of nitrogens with zero attached hydrogens (tertiary/aromatic N) is 5. The molecule has 4 heterocycles. The fraction of sp³-hybridized carbons (Fsp3) is 0.560. The van der Waals surface area contributed by atoms with Crippen LogP contribution in [-0.2, 0) is 22.4 Å². The van der Waals surface area contributed by atoms with Crippen molar-refractivity contribution in [1.82, 2.24) is 30.0 Å². The molecule has 3 aromatic heterocycles. The number of pyridine rings is 1. The van der Waals surface area contributed by atoms with Gasteiger partial charge in [0.05, 0.1) is 17.7 Å². The van der Waals surface area contributed by atoms with Crippen LogP contribution < -0.4 is 10.6 Å². The first-order chi connectivity index (χ1) is 17.5. The van der Waals surface area contributed by atoms with Crippen molar-refractivity contribution >= 4 is 28.6 Å². The van der Waals surface area contributed by atoms with Crippen molar-refractivity contribution in [3.8, 4) is 0 Å². The molecule has 0 unspecified atom stereocenters. The summed E-state index contributed by atoms with van der Waals surface area (Å²) < 4.78 is 5.48. The number of carbonyl (C=O) groups is 1. The molecular formula is C25H36N8O3. The highest BCUT2D eigenvalue weighted by Gasteiger charge is 2.21. The van der Waals surface area contributed by atoms with E-state index in [-0.39, 0.29) is 6.10 Å². The van der Waals surface area contributed by atoms with E-state index in [0.29, 0.717) is 29.8 Å². The molecule has 0 amide bonds. The number of hydrogen-bond donors (Lipinski definition) is 4. The number of ether oxygens (including phenoxy) is 1. The van der Waals surface area contributed by atoms with E-state index in [1.807, 2.05) is 6.92 Å². The number of aryl methyl sites for hydroxylation is 2. The number of unbranched alkanes of at least 4 members (excludes halogenated alkanes) is 1. The van der Waals surface area contributed by atoms with Crippen molar-refractivity contribution in [3.63, 3.8) is 0 Å². The zero-order chi connectivity index (χ0) is 25.3. The first-order valence-corrected chi connectivity index (χ1v) is 12.6. The molecule has 0 bridgehead atoms. The van der Waals surface area contributed by atoms with Crippen molar-refractivity contribution in [2.24, 2.45) is 0 Å². The van der Waals surface area contributed by atoms with Gasteiger partial charge >= 0.3 is 5.97 Å². The molecule has 11 heteroatoms. The Morgan fingerprint density at radius 1 is 1.28 bits per heavy atom. The van der Waals surface area contributed by atoms with Gasteiger partial charge in [-0.15, -0.1) is 0 Å². The maximum atomic E-state index is 12.0. The molecule has 0 spiro atoms. The largest absolute Gasteiger partial charge is 0.480 e. The normalized spacial score (nSPS) is 14.9. The molecule has 0 saturated heterocycles. The zero-order valence-corrected chi connectivity index (χ0v) is 21.0. The molecule has 0 radical (unpaired) electrons. The van der Waals surface area contributed by atoms with E-state index in [9.17, 15) is 9.90 Å². The Balaban J connectivity index is 1.30. The SMILES string of the molecule is CO[C@H](C)CN(CCCCc1ccc2c(n1)NCCC2)CC[C@H](Nc1ncnc2[nH]ncc12)C(=O)O. The Kier molecular flexibility index (Phi) is 9.01. The molecule has 1 aliphatic heterocycles. The van der Waals surface area contributed by atoms with Gasteiger partial charge in [-0.3, -0.25) is 5.10 Å². The van der Waals surface area contributed by atoms with E-state index in [1.54, 1.807) is 13.3 Å². The van der Waals surface area contributed by atoms with Crippen LogP contribution in [0.3, 0.4) is 0 Å². The van der Waals surface area contributed by atoms with Gasteiger partial charge in [-0.1, -0.05) is 6.07 Å². The van der Waals surface area contributed by atoms with Crippen LogP contribution in [0.15, 0.2) is 24.7 Å². The van der Waals surface area contributed by atoms with Crippen LogP contribution in [-0.4, -0.2) is 86.6 Å². The Bertz CT molecular complexity index is 1140. The molecule has 11 nitrogen and oxygen atoms in total. The maximum absolute atomic E-state index is 12.0. The van der Waals surface area contributed by atoms with Crippen molar-refractivity contribution < 1.29 is 14.6 Å². The third-order valence-corrected chi connectivity index (χ3v) is 6.62. The zero-order valence-electron chi connectivity index (χ0n) is 21.0. The lowest BCUT2D eigenvalue weighted by Gasteiger charge is -2.27. The van der Waals surface area contributed by atoms with Crippen LogP contribution >= 0.6 is 0 Å². The number of aliphatic carboxylic acids is 1. The van der Waals surface area contributed by atoms with Gasteiger partial charge in [-0.05, 0) is 63.6 Å². The summed E-state index contributed by atoms with van der Waals surface area (Å²) in [5.74, 6) is 0.583. The number of nitrogens with one attached hydrogen (secondary N) is 3. The minimum absolute atomic E-state index is 0.0574. The quantitative estimate of drug-likeness (QED) is 0.246. The maximum Gasteiger partial charge on any atom is 0.326 e. The van der Waals surface area contributed by atoms with Crippen LogP contribution in [0.25, 0.3) is 11.0 Å². The molecule has 194 valence electrons. The molecule has 0 fully saturated rings. The summed E-state index contributed by atoms with van der Waals surface area (Å²) in [7, 11) is 1.70. The molecule has 0 saturated carbocycles. The number of aromatic amines is 1. The second-order valence-corrected chi connectivity index (χ2v) is 9.32. The average molecular weight is 497 g/mol. The van der Waals surface area contributed by atoms with E-state index < -0.39 is 12.0 Å². The van der Waals surface area contributed by atoms with Gasteiger partial charge < -0.3 is 25.4 Å². The summed E-state index contributed by atoms with van der Waals surface area (Å²) in [6.45, 7) is 5.25. The molecule has 4 rings (SSSR count). The predicted octanol–water partition coefficient (Wildman–Crippen LogP) is 2.72. The number of methoxy groups -OCH3 is 1. The Labute approximate surface area is 211 Å². The monoisotopic (exact) mass is 496 g/mol. The van der Waals surface area contributed by atoms with E-state index in [2.05, 4.69) is 47.8 Å². The van der Waals surface area contributed by atoms with Crippen LogP contribution in [0.1, 0.15) is 43.9 Å². The fourth-order valence-corrected chi connectivity index (χ4v) is 4.50. The summed E-state index contributed by atoms with van der Waals surface area (Å²) in [6.07, 6.45) is 8.66. The van der Waals surface area contributed by atoms with Crippen molar-refractivity contribution in [3.05, 3.63) is 35.9 Å². The number of carboxylic acid groups (broad SMARTS) is 1. The Morgan fingerprint density at radius 2 is 2.17 bits per heavy atom. The number of carboxylic acids is 1. The summed E-state index contributed by atoms with van der Waals surface area (Å²) >= 11 is 0. The molecule has 1 aliphatic rings. The highest BCUT2D eigenvalue weighted by Crippen LogP contribution is 2.21. The van der Waals surface area contributed by atoms with E-state index >= 15 is 0 Å². The third-order valence-electron chi connectivity index (χ3n) is 6.62. The number of anilines is 2. The van der Waals surface area contributed by atoms with Gasteiger partial charge in [0, 0.05) is 32.4 Å². The average Bonchev–Trinajstić information content (AvgIpc) is 3.38. The minimum Gasteiger partial charge on any atom is -0.480 e. The molecule has 0 aliphatic carbocycles. The second kappa shape index (κ2) is 12.6. The first-order valence-electron chi connectivity index (χ1n) is 12.6. The minimum atomic E-state index is -0.919. The first kappa shape index (κ1) is 25.8. The van der Waals surface area contributed by atoms with E-state index in [1.165, 1.54) is 11.9 Å². The predicted molar refractivity (Wildman–Crippen MR) is 138 cm³/mol. The van der Waals surface area contributed by atoms with E-state index in [0.717, 1.165) is 63.3 Å². The van der Waals surface area contributed by atoms with Gasteiger partial charge in [0.25, 0.3) is 0 Å². The molecule has 36 heavy (non-hydrogen) atoms. The number of fused-ring (bicyclic) bond motifs is 2. The third kappa shape index (κ3) is 6.88. The highest BCUT2D eigenvalue weighted by molar-refractivity contribution is 5.88. The van der Waals surface area contributed by atoms with Crippen LogP contribution in [0.5, 0.6) is 0 Å². The number of hydrogen-bond acceptors (Lipinski definition) is 9. The molecule has 2 atom stereocenters. The molecule has 4 N–H and O–H groups in total. The second-order valence-electron chi connectivity index (χ2n) is 9.32. The van der Waals surface area contributed by atoms with Crippen molar-refractivity contribution in [1.29, 1.82) is 0 Å². The summed E-state index contributed by atoms with van der Waals surface area (Å²) in [5.41, 5.74) is 2.99. The lowest BCUT2D eigenvalue weighted by Crippen LogP contribution is -2.38.